The lowest BCUT2D eigenvalue weighted by molar-refractivity contribution is -0.120. The summed E-state index contributed by atoms with van der Waals surface area (Å²) in [4.78, 5) is 10.7. The smallest absolute Gasteiger partial charge is 0.219 e. The van der Waals surface area contributed by atoms with Gasteiger partial charge in [-0.15, -0.1) is 0 Å². The monoisotopic (exact) mass is 142 g/mol. The predicted octanol–water partition coefficient (Wildman–Crippen LogP) is 0.00390. The second kappa shape index (κ2) is 2.58. The molecule has 0 radical (unpaired) electrons. The number of nitrogens with one attached hydrogen (secondary N) is 1. The Kier molecular flexibility index (Phi) is 1.94. The molecule has 0 spiro atoms. The Balaban J connectivity index is 2.10. The molecule has 1 fully saturated rings. The highest BCUT2D eigenvalue weighted by Gasteiger charge is 2.37. The summed E-state index contributed by atoms with van der Waals surface area (Å²) >= 11 is 0. The molecule has 3 N–H and O–H groups in total. The molecule has 1 aliphatic rings. The molecule has 1 saturated carbocycles. The Morgan fingerprint density at radius 3 is 2.70 bits per heavy atom. The van der Waals surface area contributed by atoms with Crippen LogP contribution in [0, 0.1) is 0 Å². The first-order chi connectivity index (χ1) is 4.66. The Morgan fingerprint density at radius 2 is 2.30 bits per heavy atom. The third-order valence-electron chi connectivity index (χ3n) is 1.85. The Labute approximate surface area is 61.0 Å². The van der Waals surface area contributed by atoms with Gasteiger partial charge in [0.25, 0.3) is 0 Å². The van der Waals surface area contributed by atoms with Crippen LogP contribution < -0.4 is 11.1 Å². The zero-order valence-electron chi connectivity index (χ0n) is 6.31. The summed E-state index contributed by atoms with van der Waals surface area (Å²) in [5, 5.41) is 2.77. The Bertz CT molecular complexity index is 141. The van der Waals surface area contributed by atoms with Crippen LogP contribution in [0.25, 0.3) is 0 Å². The topological polar surface area (TPSA) is 55.1 Å². The number of nitrogens with two attached hydrogens (primary N) is 1. The Hall–Kier alpha value is -0.570. The van der Waals surface area contributed by atoms with Crippen LogP contribution in [0.2, 0.25) is 0 Å². The molecule has 0 unspecified atom stereocenters. The summed E-state index contributed by atoms with van der Waals surface area (Å²) in [7, 11) is 0. The SMILES string of the molecule is CCC(=O)NCC1(N)CC1. The standard InChI is InChI=1S/C7H14N2O/c1-2-6(10)9-5-7(8)3-4-7/h2-5,8H2,1H3,(H,9,10). The molecule has 0 bridgehead atoms. The van der Waals surface area contributed by atoms with Crippen molar-refractivity contribution in [3.8, 4) is 0 Å². The highest BCUT2D eigenvalue weighted by Crippen LogP contribution is 2.30. The van der Waals surface area contributed by atoms with E-state index in [0.717, 1.165) is 12.8 Å². The van der Waals surface area contributed by atoms with Crippen molar-refractivity contribution in [2.45, 2.75) is 31.7 Å². The lowest BCUT2D eigenvalue weighted by Gasteiger charge is -2.08. The van der Waals surface area contributed by atoms with E-state index in [-0.39, 0.29) is 11.4 Å². The van der Waals surface area contributed by atoms with Gasteiger partial charge in [-0.2, -0.15) is 0 Å². The van der Waals surface area contributed by atoms with Crippen LogP contribution >= 0.6 is 0 Å². The molecule has 1 amide bonds. The predicted molar refractivity (Wildman–Crippen MR) is 39.5 cm³/mol. The minimum Gasteiger partial charge on any atom is -0.354 e. The molecule has 1 aliphatic carbocycles. The zero-order chi connectivity index (χ0) is 7.61. The van der Waals surface area contributed by atoms with Crippen LogP contribution in [0.15, 0.2) is 0 Å². The maximum absolute atomic E-state index is 10.7. The van der Waals surface area contributed by atoms with Gasteiger partial charge in [0, 0.05) is 18.5 Å². The second-order valence-electron chi connectivity index (χ2n) is 2.99. The third kappa shape index (κ3) is 1.99. The minimum atomic E-state index is -0.0508. The first-order valence-electron chi connectivity index (χ1n) is 3.72. The average molecular weight is 142 g/mol. The summed E-state index contributed by atoms with van der Waals surface area (Å²) in [5.74, 6) is 0.0942. The van der Waals surface area contributed by atoms with Crippen LogP contribution in [0.5, 0.6) is 0 Å². The quantitative estimate of drug-likeness (QED) is 0.583. The van der Waals surface area contributed by atoms with Gasteiger partial charge < -0.3 is 11.1 Å². The molecule has 3 heteroatoms. The zero-order valence-corrected chi connectivity index (χ0v) is 6.31. The van der Waals surface area contributed by atoms with Crippen LogP contribution in [-0.2, 0) is 4.79 Å². The van der Waals surface area contributed by atoms with Gasteiger partial charge in [-0.25, -0.2) is 0 Å². The van der Waals surface area contributed by atoms with E-state index in [0.29, 0.717) is 13.0 Å². The highest BCUT2D eigenvalue weighted by atomic mass is 16.1. The van der Waals surface area contributed by atoms with Crippen LogP contribution in [0.4, 0.5) is 0 Å². The van der Waals surface area contributed by atoms with E-state index in [2.05, 4.69) is 5.32 Å². The fourth-order valence-electron chi connectivity index (χ4n) is 0.737. The van der Waals surface area contributed by atoms with E-state index in [4.69, 9.17) is 5.73 Å². The molecule has 10 heavy (non-hydrogen) atoms. The van der Waals surface area contributed by atoms with E-state index < -0.39 is 0 Å². The van der Waals surface area contributed by atoms with E-state index in [1.165, 1.54) is 0 Å². The van der Waals surface area contributed by atoms with Crippen molar-refractivity contribution < 1.29 is 4.79 Å². The summed E-state index contributed by atoms with van der Waals surface area (Å²) < 4.78 is 0. The summed E-state index contributed by atoms with van der Waals surface area (Å²) in [6, 6.07) is 0. The molecule has 0 aromatic carbocycles. The molecule has 0 aliphatic heterocycles. The van der Waals surface area contributed by atoms with E-state index in [9.17, 15) is 4.79 Å². The van der Waals surface area contributed by atoms with Gasteiger partial charge in [0.05, 0.1) is 0 Å². The third-order valence-corrected chi connectivity index (χ3v) is 1.85. The van der Waals surface area contributed by atoms with Gasteiger partial charge in [-0.05, 0) is 12.8 Å². The summed E-state index contributed by atoms with van der Waals surface area (Å²) in [6.07, 6.45) is 2.66. The van der Waals surface area contributed by atoms with Crippen LogP contribution in [0.1, 0.15) is 26.2 Å². The molecule has 0 aromatic heterocycles. The lowest BCUT2D eigenvalue weighted by Crippen LogP contribution is -2.38. The van der Waals surface area contributed by atoms with Crippen LogP contribution in [-0.4, -0.2) is 18.0 Å². The second-order valence-corrected chi connectivity index (χ2v) is 2.99. The number of carbonyl (C=O) groups is 1. The summed E-state index contributed by atoms with van der Waals surface area (Å²) in [5.41, 5.74) is 5.68. The molecule has 0 heterocycles. The molecule has 0 atom stereocenters. The molecule has 3 nitrogen and oxygen atoms in total. The maximum Gasteiger partial charge on any atom is 0.219 e. The van der Waals surface area contributed by atoms with Gasteiger partial charge in [0.2, 0.25) is 5.91 Å². The fraction of sp³-hybridized carbons (Fsp3) is 0.857. The van der Waals surface area contributed by atoms with Crippen molar-refractivity contribution in [2.24, 2.45) is 5.73 Å². The molecule has 1 rings (SSSR count). The van der Waals surface area contributed by atoms with Crippen molar-refractivity contribution in [3.05, 3.63) is 0 Å². The number of hydrogen-bond acceptors (Lipinski definition) is 2. The number of rotatable bonds is 3. The maximum atomic E-state index is 10.7. The van der Waals surface area contributed by atoms with Crippen LogP contribution in [0.3, 0.4) is 0 Å². The number of amides is 1. The average Bonchev–Trinajstić information content (AvgIpc) is 2.64. The normalized spacial score (nSPS) is 20.2. The Morgan fingerprint density at radius 1 is 1.70 bits per heavy atom. The van der Waals surface area contributed by atoms with Crippen molar-refractivity contribution in [2.75, 3.05) is 6.54 Å². The first kappa shape index (κ1) is 7.54. The lowest BCUT2D eigenvalue weighted by atomic mass is 10.3. The molecule has 58 valence electrons. The number of carbonyl (C=O) groups excluding carboxylic acids is 1. The van der Waals surface area contributed by atoms with Gasteiger partial charge >= 0.3 is 0 Å². The van der Waals surface area contributed by atoms with E-state index in [1.807, 2.05) is 6.92 Å². The van der Waals surface area contributed by atoms with Gasteiger partial charge in [0.15, 0.2) is 0 Å². The summed E-state index contributed by atoms with van der Waals surface area (Å²) in [6.45, 7) is 2.49. The van der Waals surface area contributed by atoms with Crippen molar-refractivity contribution in [3.63, 3.8) is 0 Å². The van der Waals surface area contributed by atoms with Gasteiger partial charge in [0.1, 0.15) is 0 Å². The first-order valence-corrected chi connectivity index (χ1v) is 3.72. The largest absolute Gasteiger partial charge is 0.354 e. The molecule has 0 aromatic rings. The number of hydrogen-bond donors (Lipinski definition) is 2. The molecular formula is C7H14N2O. The molecule has 0 saturated heterocycles. The fourth-order valence-corrected chi connectivity index (χ4v) is 0.737. The van der Waals surface area contributed by atoms with Gasteiger partial charge in [-0.1, -0.05) is 6.92 Å². The minimum absolute atomic E-state index is 0.0508. The van der Waals surface area contributed by atoms with Gasteiger partial charge in [-0.3, -0.25) is 4.79 Å². The van der Waals surface area contributed by atoms with E-state index in [1.54, 1.807) is 0 Å². The highest BCUT2D eigenvalue weighted by molar-refractivity contribution is 5.75. The van der Waals surface area contributed by atoms with Crippen molar-refractivity contribution in [1.29, 1.82) is 0 Å². The van der Waals surface area contributed by atoms with Crippen molar-refractivity contribution in [1.82, 2.24) is 5.32 Å². The molecular weight excluding hydrogens is 128 g/mol. The van der Waals surface area contributed by atoms with E-state index >= 15 is 0 Å². The van der Waals surface area contributed by atoms with Crippen molar-refractivity contribution >= 4 is 5.91 Å².